The Kier molecular flexibility index (Phi) is 7.25. The van der Waals surface area contributed by atoms with Crippen LogP contribution in [0.2, 0.25) is 0 Å². The van der Waals surface area contributed by atoms with E-state index in [9.17, 15) is 0 Å². The fraction of sp³-hybridized carbons (Fsp3) is 0.667. The number of hydrogen-bond donors (Lipinski definition) is 1. The zero-order valence-electron chi connectivity index (χ0n) is 13.9. The van der Waals surface area contributed by atoms with Crippen molar-refractivity contribution in [3.05, 3.63) is 35.9 Å². The van der Waals surface area contributed by atoms with Gasteiger partial charge in [0.1, 0.15) is 0 Å². The van der Waals surface area contributed by atoms with E-state index in [4.69, 9.17) is 0 Å². The predicted molar refractivity (Wildman–Crippen MR) is 89.2 cm³/mol. The van der Waals surface area contributed by atoms with Gasteiger partial charge in [-0.05, 0) is 44.3 Å². The summed E-state index contributed by atoms with van der Waals surface area (Å²) in [4.78, 5) is 2.46. The molecule has 1 N–H and O–H groups in total. The van der Waals surface area contributed by atoms with Crippen molar-refractivity contribution < 1.29 is 0 Å². The second kappa shape index (κ2) is 8.43. The summed E-state index contributed by atoms with van der Waals surface area (Å²) >= 11 is 0. The Morgan fingerprint density at radius 2 is 1.85 bits per heavy atom. The van der Waals surface area contributed by atoms with Crippen molar-refractivity contribution in [2.24, 2.45) is 5.41 Å². The van der Waals surface area contributed by atoms with Gasteiger partial charge in [-0.1, -0.05) is 51.1 Å². The molecule has 0 fully saturated rings. The van der Waals surface area contributed by atoms with Crippen LogP contribution >= 0.6 is 0 Å². The molecule has 0 aliphatic carbocycles. The Morgan fingerprint density at radius 1 is 1.20 bits per heavy atom. The standard InChI is InChI=1S/C18H32N2/c1-6-13-19-16(2)18(3,4)15-20(5)14-12-17-10-8-7-9-11-17/h7-11,16,19H,6,12-15H2,1-5H3. The minimum atomic E-state index is 0.292. The van der Waals surface area contributed by atoms with Gasteiger partial charge in [-0.25, -0.2) is 0 Å². The van der Waals surface area contributed by atoms with Gasteiger partial charge in [0.15, 0.2) is 0 Å². The SMILES string of the molecule is CCCNC(C)C(C)(C)CN(C)CCc1ccccc1. The van der Waals surface area contributed by atoms with E-state index < -0.39 is 0 Å². The van der Waals surface area contributed by atoms with Crippen LogP contribution in [-0.4, -0.2) is 37.6 Å². The molecule has 0 aliphatic heterocycles. The number of rotatable bonds is 9. The lowest BCUT2D eigenvalue weighted by molar-refractivity contribution is 0.165. The van der Waals surface area contributed by atoms with Gasteiger partial charge >= 0.3 is 0 Å². The van der Waals surface area contributed by atoms with Gasteiger partial charge in [0.2, 0.25) is 0 Å². The van der Waals surface area contributed by atoms with E-state index in [-0.39, 0.29) is 0 Å². The first-order chi connectivity index (χ1) is 9.45. The van der Waals surface area contributed by atoms with Gasteiger partial charge in [-0.15, -0.1) is 0 Å². The Hall–Kier alpha value is -0.860. The van der Waals surface area contributed by atoms with Crippen molar-refractivity contribution in [3.63, 3.8) is 0 Å². The second-order valence-electron chi connectivity index (χ2n) is 6.64. The Balaban J connectivity index is 2.38. The number of nitrogens with zero attached hydrogens (tertiary/aromatic N) is 1. The highest BCUT2D eigenvalue weighted by atomic mass is 15.1. The summed E-state index contributed by atoms with van der Waals surface area (Å²) < 4.78 is 0. The monoisotopic (exact) mass is 276 g/mol. The van der Waals surface area contributed by atoms with Crippen molar-refractivity contribution in [2.45, 2.75) is 46.6 Å². The maximum absolute atomic E-state index is 3.63. The van der Waals surface area contributed by atoms with Crippen LogP contribution in [0.5, 0.6) is 0 Å². The van der Waals surface area contributed by atoms with Gasteiger partial charge in [-0.2, -0.15) is 0 Å². The highest BCUT2D eigenvalue weighted by Gasteiger charge is 2.26. The zero-order chi connectivity index (χ0) is 15.0. The van der Waals surface area contributed by atoms with E-state index in [1.165, 1.54) is 12.0 Å². The third-order valence-electron chi connectivity index (χ3n) is 4.18. The summed E-state index contributed by atoms with van der Waals surface area (Å²) in [6.45, 7) is 12.6. The average molecular weight is 276 g/mol. The molecule has 2 nitrogen and oxygen atoms in total. The molecule has 1 aromatic carbocycles. The summed E-state index contributed by atoms with van der Waals surface area (Å²) in [7, 11) is 2.23. The van der Waals surface area contributed by atoms with Crippen LogP contribution in [0.15, 0.2) is 30.3 Å². The molecule has 0 radical (unpaired) electrons. The molecule has 0 bridgehead atoms. The average Bonchev–Trinajstić information content (AvgIpc) is 2.43. The minimum absolute atomic E-state index is 0.292. The maximum atomic E-state index is 3.63. The van der Waals surface area contributed by atoms with E-state index >= 15 is 0 Å². The molecule has 0 aliphatic rings. The first kappa shape index (κ1) is 17.2. The molecule has 0 amide bonds. The van der Waals surface area contributed by atoms with Crippen LogP contribution in [0, 0.1) is 5.41 Å². The Labute approximate surface area is 125 Å². The zero-order valence-corrected chi connectivity index (χ0v) is 13.9. The van der Waals surface area contributed by atoms with Crippen molar-refractivity contribution in [1.29, 1.82) is 0 Å². The first-order valence-electron chi connectivity index (χ1n) is 7.91. The van der Waals surface area contributed by atoms with Crippen molar-refractivity contribution in [1.82, 2.24) is 10.2 Å². The molecule has 114 valence electrons. The summed E-state index contributed by atoms with van der Waals surface area (Å²) in [5.74, 6) is 0. The first-order valence-corrected chi connectivity index (χ1v) is 7.91. The fourth-order valence-electron chi connectivity index (χ4n) is 2.51. The molecule has 0 spiro atoms. The quantitative estimate of drug-likeness (QED) is 0.741. The molecular weight excluding hydrogens is 244 g/mol. The molecule has 0 heterocycles. The Bertz CT molecular complexity index is 359. The van der Waals surface area contributed by atoms with Crippen molar-refractivity contribution in [2.75, 3.05) is 26.7 Å². The molecule has 20 heavy (non-hydrogen) atoms. The molecule has 1 atom stereocenters. The van der Waals surface area contributed by atoms with Crippen LogP contribution in [-0.2, 0) is 6.42 Å². The maximum Gasteiger partial charge on any atom is 0.0102 e. The third-order valence-corrected chi connectivity index (χ3v) is 4.18. The van der Waals surface area contributed by atoms with E-state index in [0.717, 1.165) is 26.1 Å². The van der Waals surface area contributed by atoms with Gasteiger partial charge in [0.25, 0.3) is 0 Å². The lowest BCUT2D eigenvalue weighted by atomic mass is 9.84. The molecule has 0 saturated heterocycles. The molecule has 2 heteroatoms. The third kappa shape index (κ3) is 6.06. The van der Waals surface area contributed by atoms with Gasteiger partial charge in [-0.3, -0.25) is 0 Å². The topological polar surface area (TPSA) is 15.3 Å². The largest absolute Gasteiger partial charge is 0.314 e. The number of likely N-dealkylation sites (N-methyl/N-ethyl adjacent to an activating group) is 1. The highest BCUT2D eigenvalue weighted by Crippen LogP contribution is 2.21. The molecule has 0 aromatic heterocycles. The van der Waals surface area contributed by atoms with E-state index in [1.807, 2.05) is 0 Å². The smallest absolute Gasteiger partial charge is 0.0102 e. The van der Waals surface area contributed by atoms with Crippen molar-refractivity contribution in [3.8, 4) is 0 Å². The predicted octanol–water partition coefficient (Wildman–Crippen LogP) is 3.58. The molecular formula is C18H32N2. The number of nitrogens with one attached hydrogen (secondary N) is 1. The van der Waals surface area contributed by atoms with Gasteiger partial charge in [0.05, 0.1) is 0 Å². The molecule has 1 aromatic rings. The molecule has 0 saturated carbocycles. The summed E-state index contributed by atoms with van der Waals surface area (Å²) in [5.41, 5.74) is 1.72. The second-order valence-corrected chi connectivity index (χ2v) is 6.64. The lowest BCUT2D eigenvalue weighted by Gasteiger charge is -2.36. The van der Waals surface area contributed by atoms with Gasteiger partial charge < -0.3 is 10.2 Å². The summed E-state index contributed by atoms with van der Waals surface area (Å²) in [6.07, 6.45) is 2.33. The summed E-state index contributed by atoms with van der Waals surface area (Å²) in [6, 6.07) is 11.3. The number of benzene rings is 1. The van der Waals surface area contributed by atoms with E-state index in [0.29, 0.717) is 11.5 Å². The number of hydrogen-bond acceptors (Lipinski definition) is 2. The van der Waals surface area contributed by atoms with E-state index in [1.54, 1.807) is 0 Å². The van der Waals surface area contributed by atoms with Crippen LogP contribution in [0.3, 0.4) is 0 Å². The molecule has 1 rings (SSSR count). The molecule has 1 unspecified atom stereocenters. The van der Waals surface area contributed by atoms with Crippen LogP contribution in [0.1, 0.15) is 39.7 Å². The summed E-state index contributed by atoms with van der Waals surface area (Å²) in [5, 5.41) is 3.63. The van der Waals surface area contributed by atoms with Crippen LogP contribution < -0.4 is 5.32 Å². The normalized spacial score (nSPS) is 13.7. The van der Waals surface area contributed by atoms with Crippen molar-refractivity contribution >= 4 is 0 Å². The van der Waals surface area contributed by atoms with E-state index in [2.05, 4.69) is 75.3 Å². The minimum Gasteiger partial charge on any atom is -0.314 e. The van der Waals surface area contributed by atoms with Crippen LogP contribution in [0.4, 0.5) is 0 Å². The fourth-order valence-corrected chi connectivity index (χ4v) is 2.51. The highest BCUT2D eigenvalue weighted by molar-refractivity contribution is 5.14. The van der Waals surface area contributed by atoms with Gasteiger partial charge in [0, 0.05) is 19.1 Å². The van der Waals surface area contributed by atoms with Crippen LogP contribution in [0.25, 0.3) is 0 Å². The lowest BCUT2D eigenvalue weighted by Crippen LogP contribution is -2.46. The Morgan fingerprint density at radius 3 is 2.45 bits per heavy atom.